The van der Waals surface area contributed by atoms with Gasteiger partial charge in [-0.25, -0.2) is 4.79 Å². The Morgan fingerprint density at radius 2 is 2.00 bits per heavy atom. The van der Waals surface area contributed by atoms with E-state index in [1.165, 1.54) is 6.92 Å². The van der Waals surface area contributed by atoms with Gasteiger partial charge in [0.05, 0.1) is 19.2 Å². The molecule has 0 aromatic carbocycles. The highest BCUT2D eigenvalue weighted by Gasteiger charge is 2.37. The lowest BCUT2D eigenvalue weighted by Gasteiger charge is -2.26. The number of hydrogen-bond donors (Lipinski definition) is 5. The smallest absolute Gasteiger partial charge is 0.326 e. The molecule has 10 nitrogen and oxygen atoms in total. The lowest BCUT2D eigenvalue weighted by molar-refractivity contribution is -0.149. The fourth-order valence-electron chi connectivity index (χ4n) is 2.25. The van der Waals surface area contributed by atoms with Gasteiger partial charge in [0, 0.05) is 6.54 Å². The van der Waals surface area contributed by atoms with Crippen molar-refractivity contribution < 1.29 is 29.4 Å². The molecule has 1 rings (SSSR count). The van der Waals surface area contributed by atoms with E-state index in [9.17, 15) is 24.3 Å². The fraction of sp³-hybridized carbons (Fsp3) is 0.692. The van der Waals surface area contributed by atoms with E-state index in [2.05, 4.69) is 10.6 Å². The maximum Gasteiger partial charge on any atom is 0.326 e. The highest BCUT2D eigenvalue weighted by Crippen LogP contribution is 2.18. The zero-order valence-electron chi connectivity index (χ0n) is 12.8. The normalized spacial score (nSPS) is 19.8. The summed E-state index contributed by atoms with van der Waals surface area (Å²) in [4.78, 5) is 47.4. The van der Waals surface area contributed by atoms with Crippen molar-refractivity contribution in [2.24, 2.45) is 5.73 Å². The predicted molar refractivity (Wildman–Crippen MR) is 78.0 cm³/mol. The maximum absolute atomic E-state index is 12.3. The number of likely N-dealkylation sites (tertiary alicyclic amines) is 1. The minimum atomic E-state index is -1.25. The first-order valence-electron chi connectivity index (χ1n) is 7.24. The number of hydrogen-bond acceptors (Lipinski definition) is 6. The summed E-state index contributed by atoms with van der Waals surface area (Å²) < 4.78 is 0. The number of carboxylic acids is 1. The molecule has 1 aliphatic rings. The van der Waals surface area contributed by atoms with Gasteiger partial charge in [0.25, 0.3) is 0 Å². The van der Waals surface area contributed by atoms with Crippen molar-refractivity contribution in [3.8, 4) is 0 Å². The molecule has 0 bridgehead atoms. The van der Waals surface area contributed by atoms with Gasteiger partial charge < -0.3 is 31.5 Å². The van der Waals surface area contributed by atoms with E-state index in [-0.39, 0.29) is 6.54 Å². The predicted octanol–water partition coefficient (Wildman–Crippen LogP) is -3.00. The molecule has 0 aromatic rings. The van der Waals surface area contributed by atoms with Gasteiger partial charge in [-0.05, 0) is 19.8 Å². The number of aliphatic carboxylic acids is 1. The highest BCUT2D eigenvalue weighted by atomic mass is 16.4. The fourth-order valence-corrected chi connectivity index (χ4v) is 2.25. The molecule has 6 N–H and O–H groups in total. The lowest BCUT2D eigenvalue weighted by atomic mass is 10.2. The zero-order valence-corrected chi connectivity index (χ0v) is 12.8. The van der Waals surface area contributed by atoms with Crippen LogP contribution in [0.15, 0.2) is 0 Å². The van der Waals surface area contributed by atoms with Crippen molar-refractivity contribution in [1.29, 1.82) is 0 Å². The molecule has 0 spiro atoms. The number of amides is 3. The Morgan fingerprint density at radius 3 is 2.52 bits per heavy atom. The average molecular weight is 330 g/mol. The van der Waals surface area contributed by atoms with Crippen LogP contribution in [0.25, 0.3) is 0 Å². The van der Waals surface area contributed by atoms with Crippen LogP contribution in [-0.4, -0.2) is 76.6 Å². The number of carboxylic acid groups (broad SMARTS) is 1. The van der Waals surface area contributed by atoms with Gasteiger partial charge in [-0.2, -0.15) is 0 Å². The first-order valence-corrected chi connectivity index (χ1v) is 7.24. The highest BCUT2D eigenvalue weighted by molar-refractivity contribution is 5.92. The first kappa shape index (κ1) is 18.8. The number of rotatable bonds is 7. The number of nitrogens with one attached hydrogen (secondary N) is 2. The van der Waals surface area contributed by atoms with Crippen molar-refractivity contribution in [2.45, 2.75) is 37.9 Å². The molecule has 1 aliphatic heterocycles. The van der Waals surface area contributed by atoms with E-state index in [1.807, 2.05) is 0 Å². The second-order valence-corrected chi connectivity index (χ2v) is 5.34. The van der Waals surface area contributed by atoms with Crippen molar-refractivity contribution in [1.82, 2.24) is 15.5 Å². The van der Waals surface area contributed by atoms with Crippen LogP contribution >= 0.6 is 0 Å². The van der Waals surface area contributed by atoms with Gasteiger partial charge in [-0.15, -0.1) is 0 Å². The third kappa shape index (κ3) is 5.18. The quantitative estimate of drug-likeness (QED) is 0.332. The molecule has 0 aliphatic carbocycles. The Hall–Kier alpha value is -2.20. The molecule has 0 aromatic heterocycles. The summed E-state index contributed by atoms with van der Waals surface area (Å²) in [6, 6.07) is -2.99. The van der Waals surface area contributed by atoms with Crippen LogP contribution in [0, 0.1) is 0 Å². The molecule has 23 heavy (non-hydrogen) atoms. The molecule has 1 fully saturated rings. The monoisotopic (exact) mass is 330 g/mol. The van der Waals surface area contributed by atoms with Gasteiger partial charge >= 0.3 is 5.97 Å². The lowest BCUT2D eigenvalue weighted by Crippen LogP contribution is -2.55. The molecule has 130 valence electrons. The molecular formula is C13H22N4O6. The van der Waals surface area contributed by atoms with E-state index < -0.39 is 55.0 Å². The van der Waals surface area contributed by atoms with E-state index in [0.29, 0.717) is 12.8 Å². The van der Waals surface area contributed by atoms with Crippen LogP contribution in [0.2, 0.25) is 0 Å². The number of aliphatic hydroxyl groups excluding tert-OH is 1. The second-order valence-electron chi connectivity index (χ2n) is 5.34. The van der Waals surface area contributed by atoms with Gasteiger partial charge in [-0.3, -0.25) is 14.4 Å². The average Bonchev–Trinajstić information content (AvgIpc) is 2.99. The third-order valence-corrected chi connectivity index (χ3v) is 3.47. The van der Waals surface area contributed by atoms with Crippen LogP contribution < -0.4 is 16.4 Å². The summed E-state index contributed by atoms with van der Waals surface area (Å²) in [6.45, 7) is 0.636. The minimum absolute atomic E-state index is 0.254. The topological polar surface area (TPSA) is 162 Å². The van der Waals surface area contributed by atoms with Crippen LogP contribution in [0.5, 0.6) is 0 Å². The second kappa shape index (κ2) is 8.44. The van der Waals surface area contributed by atoms with E-state index in [4.69, 9.17) is 10.8 Å². The Morgan fingerprint density at radius 1 is 1.35 bits per heavy atom. The third-order valence-electron chi connectivity index (χ3n) is 3.47. The number of aliphatic hydroxyl groups is 1. The zero-order chi connectivity index (χ0) is 17.6. The Kier molecular flexibility index (Phi) is 6.91. The van der Waals surface area contributed by atoms with E-state index in [0.717, 1.165) is 4.90 Å². The number of carbonyl (C=O) groups is 4. The number of nitrogens with two attached hydrogens (primary N) is 1. The largest absolute Gasteiger partial charge is 0.480 e. The van der Waals surface area contributed by atoms with Gasteiger partial charge in [0.1, 0.15) is 12.1 Å². The van der Waals surface area contributed by atoms with Crippen molar-refractivity contribution in [3.05, 3.63) is 0 Å². The molecule has 1 heterocycles. The molecular weight excluding hydrogens is 308 g/mol. The summed E-state index contributed by atoms with van der Waals surface area (Å²) >= 11 is 0. The summed E-state index contributed by atoms with van der Waals surface area (Å²) in [7, 11) is 0. The van der Waals surface area contributed by atoms with Gasteiger partial charge in [0.15, 0.2) is 0 Å². The molecule has 10 heteroatoms. The molecule has 1 saturated heterocycles. The number of nitrogens with zero attached hydrogens (tertiary/aromatic N) is 1. The Balaban J connectivity index is 2.58. The van der Waals surface area contributed by atoms with Crippen molar-refractivity contribution in [3.63, 3.8) is 0 Å². The summed E-state index contributed by atoms with van der Waals surface area (Å²) in [5.41, 5.74) is 5.32. The number of carbonyl (C=O) groups excluding carboxylic acids is 3. The molecule has 0 saturated carbocycles. The Bertz CT molecular complexity index is 481. The van der Waals surface area contributed by atoms with Crippen LogP contribution in [0.1, 0.15) is 19.8 Å². The molecule has 3 atom stereocenters. The van der Waals surface area contributed by atoms with Crippen LogP contribution in [0.4, 0.5) is 0 Å². The summed E-state index contributed by atoms with van der Waals surface area (Å²) in [6.07, 6.45) is 0.872. The SMILES string of the molecule is CC(N)C(=O)NCC(=O)NC(CO)C(=O)N1CCCC1C(=O)O. The molecule has 0 radical (unpaired) electrons. The molecule has 3 amide bonds. The maximum atomic E-state index is 12.3. The molecule has 3 unspecified atom stereocenters. The summed E-state index contributed by atoms with van der Waals surface area (Å²) in [5.74, 6) is -3.00. The van der Waals surface area contributed by atoms with E-state index >= 15 is 0 Å². The summed E-state index contributed by atoms with van der Waals surface area (Å²) in [5, 5.41) is 22.9. The van der Waals surface area contributed by atoms with Crippen molar-refractivity contribution in [2.75, 3.05) is 19.7 Å². The van der Waals surface area contributed by atoms with E-state index in [1.54, 1.807) is 0 Å². The Labute approximate surface area is 133 Å². The standard InChI is InChI=1S/C13H22N4O6/c1-7(14)11(20)15-5-10(19)16-8(6-18)12(21)17-4-2-3-9(17)13(22)23/h7-9,18H,2-6,14H2,1H3,(H,15,20)(H,16,19)(H,22,23). The van der Waals surface area contributed by atoms with Gasteiger partial charge in [-0.1, -0.05) is 0 Å². The van der Waals surface area contributed by atoms with Crippen molar-refractivity contribution >= 4 is 23.7 Å². The van der Waals surface area contributed by atoms with Gasteiger partial charge in [0.2, 0.25) is 17.7 Å². The van der Waals surface area contributed by atoms with Crippen LogP contribution in [0.3, 0.4) is 0 Å². The van der Waals surface area contributed by atoms with Crippen LogP contribution in [-0.2, 0) is 19.2 Å². The first-order chi connectivity index (χ1) is 10.8. The minimum Gasteiger partial charge on any atom is -0.480 e.